The standard InChI is InChI=1S/C16H18N2O3/c1-20-15-9-17-8-14(15)18-16(19)12-4-2-3-11(7-12)13-5-6-21-10-13/h2-7,10,14-15,17H,8-9H2,1H3,(H,18,19). The minimum Gasteiger partial charge on any atom is -0.472 e. The predicted molar refractivity (Wildman–Crippen MR) is 79.1 cm³/mol. The topological polar surface area (TPSA) is 63.5 Å². The van der Waals surface area contributed by atoms with E-state index < -0.39 is 0 Å². The molecule has 1 saturated heterocycles. The molecule has 0 bridgehead atoms. The van der Waals surface area contributed by atoms with Gasteiger partial charge in [-0.15, -0.1) is 0 Å². The number of furan rings is 1. The number of rotatable bonds is 4. The highest BCUT2D eigenvalue weighted by Gasteiger charge is 2.28. The molecule has 2 unspecified atom stereocenters. The van der Waals surface area contributed by atoms with Crippen molar-refractivity contribution in [2.75, 3.05) is 20.2 Å². The fourth-order valence-corrected chi connectivity index (χ4v) is 2.57. The molecule has 0 radical (unpaired) electrons. The number of hydrogen-bond donors (Lipinski definition) is 2. The number of nitrogens with one attached hydrogen (secondary N) is 2. The Morgan fingerprint density at radius 1 is 1.33 bits per heavy atom. The molecule has 5 heteroatoms. The van der Waals surface area contributed by atoms with Gasteiger partial charge in [0.05, 0.1) is 24.7 Å². The second kappa shape index (κ2) is 6.11. The number of hydrogen-bond acceptors (Lipinski definition) is 4. The molecule has 1 aliphatic rings. The summed E-state index contributed by atoms with van der Waals surface area (Å²) in [5.74, 6) is -0.0869. The highest BCUT2D eigenvalue weighted by molar-refractivity contribution is 5.95. The van der Waals surface area contributed by atoms with Crippen molar-refractivity contribution in [1.82, 2.24) is 10.6 Å². The van der Waals surface area contributed by atoms with Crippen LogP contribution in [0.2, 0.25) is 0 Å². The fraction of sp³-hybridized carbons (Fsp3) is 0.312. The van der Waals surface area contributed by atoms with Crippen molar-refractivity contribution in [3.63, 3.8) is 0 Å². The Morgan fingerprint density at radius 3 is 3.00 bits per heavy atom. The van der Waals surface area contributed by atoms with E-state index in [1.807, 2.05) is 30.3 Å². The van der Waals surface area contributed by atoms with E-state index in [-0.39, 0.29) is 18.1 Å². The molecule has 3 rings (SSSR count). The smallest absolute Gasteiger partial charge is 0.251 e. The lowest BCUT2D eigenvalue weighted by molar-refractivity contribution is 0.0780. The third-order valence-electron chi connectivity index (χ3n) is 3.76. The molecule has 2 heterocycles. The van der Waals surface area contributed by atoms with Crippen molar-refractivity contribution < 1.29 is 13.9 Å². The van der Waals surface area contributed by atoms with E-state index in [2.05, 4.69) is 10.6 Å². The average molecular weight is 286 g/mol. The summed E-state index contributed by atoms with van der Waals surface area (Å²) in [5.41, 5.74) is 2.56. The van der Waals surface area contributed by atoms with Crippen LogP contribution in [0.5, 0.6) is 0 Å². The van der Waals surface area contributed by atoms with Crippen LogP contribution in [0.1, 0.15) is 10.4 Å². The van der Waals surface area contributed by atoms with Crippen LogP contribution in [0.4, 0.5) is 0 Å². The zero-order valence-electron chi connectivity index (χ0n) is 11.8. The quantitative estimate of drug-likeness (QED) is 0.897. The zero-order valence-corrected chi connectivity index (χ0v) is 11.8. The van der Waals surface area contributed by atoms with Gasteiger partial charge < -0.3 is 19.8 Å². The molecule has 1 aromatic heterocycles. The van der Waals surface area contributed by atoms with Gasteiger partial charge in [0.2, 0.25) is 0 Å². The molecule has 1 amide bonds. The molecule has 2 aromatic rings. The summed E-state index contributed by atoms with van der Waals surface area (Å²) in [6.45, 7) is 1.49. The van der Waals surface area contributed by atoms with Crippen molar-refractivity contribution in [2.45, 2.75) is 12.1 Å². The van der Waals surface area contributed by atoms with Crippen molar-refractivity contribution in [1.29, 1.82) is 0 Å². The molecular formula is C16H18N2O3. The normalized spacial score (nSPS) is 21.4. The second-order valence-corrected chi connectivity index (χ2v) is 5.11. The number of carbonyl (C=O) groups excluding carboxylic acids is 1. The van der Waals surface area contributed by atoms with Crippen LogP contribution in [-0.2, 0) is 4.74 Å². The molecule has 1 aliphatic heterocycles. The van der Waals surface area contributed by atoms with Crippen LogP contribution in [0.3, 0.4) is 0 Å². The summed E-state index contributed by atoms with van der Waals surface area (Å²) < 4.78 is 10.4. The molecule has 1 aromatic carbocycles. The van der Waals surface area contributed by atoms with Crippen molar-refractivity contribution >= 4 is 5.91 Å². The Labute approximate surface area is 123 Å². The number of carbonyl (C=O) groups is 1. The first-order chi connectivity index (χ1) is 10.3. The van der Waals surface area contributed by atoms with E-state index in [0.717, 1.165) is 24.2 Å². The summed E-state index contributed by atoms with van der Waals surface area (Å²) in [6.07, 6.45) is 3.31. The van der Waals surface area contributed by atoms with Gasteiger partial charge in [-0.25, -0.2) is 0 Å². The van der Waals surface area contributed by atoms with E-state index >= 15 is 0 Å². The molecule has 0 saturated carbocycles. The number of methoxy groups -OCH3 is 1. The Kier molecular flexibility index (Phi) is 4.03. The van der Waals surface area contributed by atoms with E-state index in [9.17, 15) is 4.79 Å². The Morgan fingerprint density at radius 2 is 2.24 bits per heavy atom. The lowest BCUT2D eigenvalue weighted by atomic mass is 10.1. The summed E-state index contributed by atoms with van der Waals surface area (Å²) >= 11 is 0. The maximum atomic E-state index is 12.4. The largest absolute Gasteiger partial charge is 0.472 e. The summed E-state index contributed by atoms with van der Waals surface area (Å²) in [7, 11) is 1.66. The lowest BCUT2D eigenvalue weighted by Gasteiger charge is -2.18. The summed E-state index contributed by atoms with van der Waals surface area (Å²) in [5, 5.41) is 6.23. The predicted octanol–water partition coefficient (Wildman–Crippen LogP) is 1.66. The van der Waals surface area contributed by atoms with Gasteiger partial charge in [-0.1, -0.05) is 12.1 Å². The highest BCUT2D eigenvalue weighted by atomic mass is 16.5. The molecule has 110 valence electrons. The Bertz CT molecular complexity index is 610. The van der Waals surface area contributed by atoms with E-state index in [1.54, 1.807) is 19.6 Å². The van der Waals surface area contributed by atoms with Crippen LogP contribution in [0.15, 0.2) is 47.3 Å². The Hall–Kier alpha value is -2.11. The van der Waals surface area contributed by atoms with Crippen LogP contribution in [0.25, 0.3) is 11.1 Å². The zero-order chi connectivity index (χ0) is 14.7. The van der Waals surface area contributed by atoms with Gasteiger partial charge in [0.1, 0.15) is 0 Å². The van der Waals surface area contributed by atoms with Crippen LogP contribution in [-0.4, -0.2) is 38.3 Å². The third-order valence-corrected chi connectivity index (χ3v) is 3.76. The summed E-state index contributed by atoms with van der Waals surface area (Å²) in [4.78, 5) is 12.4. The molecule has 2 N–H and O–H groups in total. The molecule has 5 nitrogen and oxygen atoms in total. The molecule has 1 fully saturated rings. The highest BCUT2D eigenvalue weighted by Crippen LogP contribution is 2.20. The molecule has 0 aliphatic carbocycles. The molecular weight excluding hydrogens is 268 g/mol. The molecule has 21 heavy (non-hydrogen) atoms. The first-order valence-electron chi connectivity index (χ1n) is 6.95. The van der Waals surface area contributed by atoms with Gasteiger partial charge in [-0.05, 0) is 23.8 Å². The van der Waals surface area contributed by atoms with Crippen molar-refractivity contribution in [3.8, 4) is 11.1 Å². The number of ether oxygens (including phenoxy) is 1. The number of benzene rings is 1. The van der Waals surface area contributed by atoms with E-state index in [4.69, 9.17) is 9.15 Å². The van der Waals surface area contributed by atoms with Crippen molar-refractivity contribution in [3.05, 3.63) is 48.4 Å². The van der Waals surface area contributed by atoms with Crippen LogP contribution < -0.4 is 10.6 Å². The molecule has 0 spiro atoms. The minimum atomic E-state index is -0.0869. The van der Waals surface area contributed by atoms with Crippen molar-refractivity contribution in [2.24, 2.45) is 0 Å². The first-order valence-corrected chi connectivity index (χ1v) is 6.95. The molecule has 2 atom stereocenters. The van der Waals surface area contributed by atoms with Crippen LogP contribution in [0, 0.1) is 0 Å². The minimum absolute atomic E-state index is 0.0000754. The second-order valence-electron chi connectivity index (χ2n) is 5.11. The SMILES string of the molecule is COC1CNCC1NC(=O)c1cccc(-c2ccoc2)c1. The van der Waals surface area contributed by atoms with Gasteiger partial charge >= 0.3 is 0 Å². The summed E-state index contributed by atoms with van der Waals surface area (Å²) in [6, 6.07) is 9.38. The maximum absolute atomic E-state index is 12.4. The van der Waals surface area contributed by atoms with E-state index in [1.165, 1.54) is 0 Å². The van der Waals surface area contributed by atoms with E-state index in [0.29, 0.717) is 5.56 Å². The number of amides is 1. The Balaban J connectivity index is 1.74. The fourth-order valence-electron chi connectivity index (χ4n) is 2.57. The van der Waals surface area contributed by atoms with Gasteiger partial charge in [0, 0.05) is 31.3 Å². The van der Waals surface area contributed by atoms with Crippen LogP contribution >= 0.6 is 0 Å². The van der Waals surface area contributed by atoms with Gasteiger partial charge in [0.15, 0.2) is 0 Å². The van der Waals surface area contributed by atoms with Gasteiger partial charge in [0.25, 0.3) is 5.91 Å². The average Bonchev–Trinajstić information content (AvgIpc) is 3.18. The maximum Gasteiger partial charge on any atom is 0.251 e. The first kappa shape index (κ1) is 13.9. The third kappa shape index (κ3) is 2.99. The van der Waals surface area contributed by atoms with Gasteiger partial charge in [-0.3, -0.25) is 4.79 Å². The van der Waals surface area contributed by atoms with Gasteiger partial charge in [-0.2, -0.15) is 0 Å². The lowest BCUT2D eigenvalue weighted by Crippen LogP contribution is -2.43. The monoisotopic (exact) mass is 286 g/mol.